The Balaban J connectivity index is 0.000000431. The number of nitrogens with one attached hydrogen (secondary N) is 1. The predicted molar refractivity (Wildman–Crippen MR) is 263 cm³/mol. The first-order valence-corrected chi connectivity index (χ1v) is 24.8. The average Bonchev–Trinajstić information content (AvgIpc) is 3.13. The third-order valence-electron chi connectivity index (χ3n) is 9.17. The van der Waals surface area contributed by atoms with Crippen molar-refractivity contribution in [3.63, 3.8) is 0 Å². The lowest BCUT2D eigenvalue weighted by molar-refractivity contribution is -0.157. The van der Waals surface area contributed by atoms with Crippen LogP contribution >= 0.6 is 22.6 Å². The van der Waals surface area contributed by atoms with Crippen LogP contribution in [-0.4, -0.2) is 171 Å². The molecular formula is C48H81IN8O8. The smallest absolute Gasteiger partial charge is 0.320 e. The van der Waals surface area contributed by atoms with E-state index in [1.165, 1.54) is 0 Å². The Morgan fingerprint density at radius 2 is 0.723 bits per heavy atom. The van der Waals surface area contributed by atoms with E-state index >= 15 is 0 Å². The number of pyridine rings is 2. The number of halogens is 1. The predicted octanol–water partition coefficient (Wildman–Crippen LogP) is 5.34. The number of ether oxygens (including phenoxy) is 4. The SMILES string of the molecule is CC(C)(C)OC(=O)CN1CCNCCN(CC(=O)OC(C)(C)C)Cc2cccc(n2)C1.CI.CN1CCN(CC(=O)OC(C)(C)C)Cc2cccc(n2)CN(CC(=O)OC(C)(C)C)CC1. The van der Waals surface area contributed by atoms with Crippen LogP contribution in [0.25, 0.3) is 0 Å². The summed E-state index contributed by atoms with van der Waals surface area (Å²) >= 11 is 2.15. The van der Waals surface area contributed by atoms with Crippen LogP contribution in [0.2, 0.25) is 0 Å². The number of rotatable bonds is 8. The van der Waals surface area contributed by atoms with Gasteiger partial charge in [-0.3, -0.25) is 48.7 Å². The van der Waals surface area contributed by atoms with Crippen LogP contribution in [0.15, 0.2) is 36.4 Å². The molecule has 4 heterocycles. The van der Waals surface area contributed by atoms with Crippen molar-refractivity contribution >= 4 is 46.5 Å². The van der Waals surface area contributed by atoms with Crippen LogP contribution in [0.1, 0.15) is 106 Å². The van der Waals surface area contributed by atoms with Crippen molar-refractivity contribution in [2.24, 2.45) is 0 Å². The Morgan fingerprint density at radius 1 is 0.477 bits per heavy atom. The van der Waals surface area contributed by atoms with Crippen LogP contribution in [0.5, 0.6) is 0 Å². The van der Waals surface area contributed by atoms with E-state index in [2.05, 4.69) is 49.7 Å². The molecule has 0 amide bonds. The van der Waals surface area contributed by atoms with Gasteiger partial charge in [0, 0.05) is 78.5 Å². The molecule has 4 rings (SSSR count). The van der Waals surface area contributed by atoms with Crippen molar-refractivity contribution in [3.8, 4) is 0 Å². The summed E-state index contributed by atoms with van der Waals surface area (Å²) in [5.41, 5.74) is 1.55. The van der Waals surface area contributed by atoms with Gasteiger partial charge in [0.25, 0.3) is 0 Å². The Hall–Kier alpha value is -3.33. The highest BCUT2D eigenvalue weighted by molar-refractivity contribution is 14.1. The highest BCUT2D eigenvalue weighted by Gasteiger charge is 2.25. The molecule has 16 nitrogen and oxygen atoms in total. The second kappa shape index (κ2) is 27.5. The van der Waals surface area contributed by atoms with Crippen molar-refractivity contribution in [2.45, 2.75) is 132 Å². The first-order valence-electron chi connectivity index (χ1n) is 22.6. The summed E-state index contributed by atoms with van der Waals surface area (Å²) in [6.45, 7) is 31.5. The van der Waals surface area contributed by atoms with Crippen LogP contribution in [-0.2, 0) is 64.3 Å². The number of esters is 4. The van der Waals surface area contributed by atoms with Crippen molar-refractivity contribution in [3.05, 3.63) is 59.2 Å². The van der Waals surface area contributed by atoms with Gasteiger partial charge < -0.3 is 29.2 Å². The zero-order valence-corrected chi connectivity index (χ0v) is 44.2. The van der Waals surface area contributed by atoms with Crippen LogP contribution in [0.4, 0.5) is 0 Å². The maximum atomic E-state index is 12.4. The fraction of sp³-hybridized carbons (Fsp3) is 0.708. The molecule has 0 unspecified atom stereocenters. The topological polar surface area (TPSA) is 159 Å². The van der Waals surface area contributed by atoms with E-state index in [4.69, 9.17) is 28.9 Å². The summed E-state index contributed by atoms with van der Waals surface area (Å²) in [7, 11) is 2.06. The van der Waals surface area contributed by atoms with Gasteiger partial charge in [-0.05, 0) is 119 Å². The van der Waals surface area contributed by atoms with E-state index in [9.17, 15) is 19.2 Å². The number of nitrogens with zero attached hydrogens (tertiary/aromatic N) is 7. The monoisotopic (exact) mass is 1020 g/mol. The van der Waals surface area contributed by atoms with Gasteiger partial charge in [0.2, 0.25) is 0 Å². The van der Waals surface area contributed by atoms with Crippen LogP contribution in [0.3, 0.4) is 0 Å². The first kappa shape index (κ1) is 57.8. The number of hydrogen-bond acceptors (Lipinski definition) is 16. The number of aromatic nitrogens is 2. The molecule has 368 valence electrons. The lowest BCUT2D eigenvalue weighted by atomic mass is 10.2. The Labute approximate surface area is 404 Å². The summed E-state index contributed by atoms with van der Waals surface area (Å²) in [4.78, 5) is 71.4. The molecule has 0 radical (unpaired) electrons. The van der Waals surface area contributed by atoms with E-state index < -0.39 is 22.4 Å². The molecule has 0 saturated carbocycles. The van der Waals surface area contributed by atoms with Gasteiger partial charge in [-0.15, -0.1) is 0 Å². The highest BCUT2D eigenvalue weighted by atomic mass is 127. The second-order valence-electron chi connectivity index (χ2n) is 20.5. The molecule has 2 aromatic rings. The zero-order chi connectivity index (χ0) is 49.0. The van der Waals surface area contributed by atoms with E-state index in [0.29, 0.717) is 52.4 Å². The number of likely N-dealkylation sites (N-methyl/N-ethyl adjacent to an activating group) is 1. The standard InChI is InChI=1S/C24H40N4O4.C23H38N4O4.CH3I/c1-23(2,3)31-21(29)17-27-13-11-26(7)12-14-28(18-22(30)32-24(4,5)6)16-20-10-8-9-19(15-27)25-20;1-22(2,3)30-20(28)16-26-12-10-24-11-13-27(17-21(29)31-23(4,5)6)15-19-9-7-8-18(14-26)25-19;1-2/h8-10H,11-18H2,1-7H3;7-9,24H,10-17H2,1-6H3;1H3. The summed E-state index contributed by atoms with van der Waals surface area (Å²) in [6, 6.07) is 11.8. The molecule has 2 aliphatic heterocycles. The van der Waals surface area contributed by atoms with Gasteiger partial charge in [-0.25, -0.2) is 0 Å². The van der Waals surface area contributed by atoms with E-state index in [-0.39, 0.29) is 50.1 Å². The number of carbonyl (C=O) groups excluding carboxylic acids is 4. The third-order valence-corrected chi connectivity index (χ3v) is 9.17. The van der Waals surface area contributed by atoms with Crippen molar-refractivity contribution in [2.75, 3.05) is 90.5 Å². The molecule has 0 aliphatic carbocycles. The van der Waals surface area contributed by atoms with Crippen molar-refractivity contribution in [1.29, 1.82) is 0 Å². The number of fused-ring (bicyclic) bond motifs is 4. The van der Waals surface area contributed by atoms with Gasteiger partial charge in [0.15, 0.2) is 0 Å². The minimum Gasteiger partial charge on any atom is -0.459 e. The molecular weight excluding hydrogens is 943 g/mol. The Bertz CT molecular complexity index is 1660. The largest absolute Gasteiger partial charge is 0.459 e. The fourth-order valence-corrected chi connectivity index (χ4v) is 6.74. The second-order valence-corrected chi connectivity index (χ2v) is 20.5. The Morgan fingerprint density at radius 3 is 0.969 bits per heavy atom. The summed E-state index contributed by atoms with van der Waals surface area (Å²) in [6.07, 6.45) is 0. The molecule has 0 spiro atoms. The quantitative estimate of drug-likeness (QED) is 0.156. The number of hydrogen-bond donors (Lipinski definition) is 1. The van der Waals surface area contributed by atoms with Gasteiger partial charge in [-0.1, -0.05) is 34.7 Å². The molecule has 0 saturated heterocycles. The molecule has 17 heteroatoms. The van der Waals surface area contributed by atoms with Crippen molar-refractivity contribution in [1.82, 2.24) is 39.8 Å². The zero-order valence-electron chi connectivity index (χ0n) is 42.1. The summed E-state index contributed by atoms with van der Waals surface area (Å²) in [5.74, 6) is -0.933. The van der Waals surface area contributed by atoms with E-state index in [1.807, 2.05) is 134 Å². The molecule has 2 aromatic heterocycles. The third kappa shape index (κ3) is 27.8. The maximum Gasteiger partial charge on any atom is 0.320 e. The average molecular weight is 1030 g/mol. The van der Waals surface area contributed by atoms with Gasteiger partial charge >= 0.3 is 23.9 Å². The normalized spacial score (nSPS) is 17.2. The molecule has 0 atom stereocenters. The molecule has 4 bridgehead atoms. The molecule has 2 aliphatic rings. The lowest BCUT2D eigenvalue weighted by Crippen LogP contribution is -2.42. The fourth-order valence-electron chi connectivity index (χ4n) is 6.74. The number of alkyl halides is 1. The van der Waals surface area contributed by atoms with E-state index in [0.717, 1.165) is 49.0 Å². The van der Waals surface area contributed by atoms with E-state index in [1.54, 1.807) is 0 Å². The lowest BCUT2D eigenvalue weighted by Gasteiger charge is -2.30. The number of carbonyl (C=O) groups is 4. The maximum absolute atomic E-state index is 12.4. The van der Waals surface area contributed by atoms with Gasteiger partial charge in [0.05, 0.1) is 49.0 Å². The Kier molecular flexibility index (Phi) is 24.4. The molecule has 1 N–H and O–H groups in total. The van der Waals surface area contributed by atoms with Crippen molar-refractivity contribution < 1.29 is 38.1 Å². The molecule has 0 fully saturated rings. The summed E-state index contributed by atoms with van der Waals surface area (Å²) in [5, 5.41) is 3.41. The van der Waals surface area contributed by atoms with Crippen LogP contribution in [0, 0.1) is 0 Å². The minimum absolute atomic E-state index is 0.218. The minimum atomic E-state index is -0.504. The summed E-state index contributed by atoms with van der Waals surface area (Å²) < 4.78 is 22.0. The van der Waals surface area contributed by atoms with Crippen LogP contribution < -0.4 is 5.32 Å². The first-order chi connectivity index (χ1) is 30.2. The molecule has 65 heavy (non-hydrogen) atoms. The van der Waals surface area contributed by atoms with Gasteiger partial charge in [0.1, 0.15) is 22.4 Å². The molecule has 0 aromatic carbocycles. The van der Waals surface area contributed by atoms with Gasteiger partial charge in [-0.2, -0.15) is 0 Å². The highest BCUT2D eigenvalue weighted by Crippen LogP contribution is 2.15.